The summed E-state index contributed by atoms with van der Waals surface area (Å²) in [7, 11) is 4.16. The van der Waals surface area contributed by atoms with Gasteiger partial charge >= 0.3 is 0 Å². The van der Waals surface area contributed by atoms with E-state index in [2.05, 4.69) is 34.5 Å². The van der Waals surface area contributed by atoms with Crippen LogP contribution in [-0.4, -0.2) is 42.3 Å². The molecule has 13 heavy (non-hydrogen) atoms. The predicted octanol–water partition coefficient (Wildman–Crippen LogP) is 1.21. The molecule has 0 amide bonds. The van der Waals surface area contributed by atoms with Crippen molar-refractivity contribution in [1.82, 2.24) is 15.1 Å². The Bertz CT molecular complexity index is 246. The van der Waals surface area contributed by atoms with E-state index < -0.39 is 0 Å². The quantitative estimate of drug-likeness (QED) is 0.725. The Morgan fingerprint density at radius 1 is 1.38 bits per heavy atom. The second-order valence-electron chi connectivity index (χ2n) is 3.21. The van der Waals surface area contributed by atoms with Gasteiger partial charge in [0.25, 0.3) is 0 Å². The Balaban J connectivity index is 2.13. The zero-order chi connectivity index (χ0) is 9.68. The van der Waals surface area contributed by atoms with Gasteiger partial charge in [0.2, 0.25) is 5.13 Å². The molecule has 0 saturated carbocycles. The summed E-state index contributed by atoms with van der Waals surface area (Å²) >= 11 is 1.60. The maximum absolute atomic E-state index is 3.98. The third-order valence-corrected chi connectivity index (χ3v) is 2.38. The maximum atomic E-state index is 3.98. The molecule has 1 N–H and O–H groups in total. The van der Waals surface area contributed by atoms with Crippen molar-refractivity contribution in [2.45, 2.75) is 13.3 Å². The van der Waals surface area contributed by atoms with Crippen LogP contribution >= 0.6 is 11.3 Å². The normalized spacial score (nSPS) is 10.8. The number of hydrogen-bond acceptors (Lipinski definition) is 5. The molecule has 0 spiro atoms. The Hall–Kier alpha value is -0.680. The first-order chi connectivity index (χ1) is 6.18. The topological polar surface area (TPSA) is 41.1 Å². The lowest BCUT2D eigenvalue weighted by atomic mass is 10.4. The molecule has 4 nitrogen and oxygen atoms in total. The highest BCUT2D eigenvalue weighted by Crippen LogP contribution is 2.12. The molecule has 0 aromatic carbocycles. The Kier molecular flexibility index (Phi) is 4.11. The molecule has 5 heteroatoms. The molecule has 1 aromatic rings. The summed E-state index contributed by atoms with van der Waals surface area (Å²) in [5.41, 5.74) is 0. The van der Waals surface area contributed by atoms with Crippen molar-refractivity contribution in [2.24, 2.45) is 0 Å². The zero-order valence-electron chi connectivity index (χ0n) is 8.37. The van der Waals surface area contributed by atoms with E-state index in [0.717, 1.165) is 29.6 Å². The summed E-state index contributed by atoms with van der Waals surface area (Å²) in [5.74, 6) is 0. The highest BCUT2D eigenvalue weighted by molar-refractivity contribution is 7.15. The van der Waals surface area contributed by atoms with Crippen LogP contribution in [0.25, 0.3) is 0 Å². The Morgan fingerprint density at radius 3 is 2.69 bits per heavy atom. The minimum absolute atomic E-state index is 0.927. The first-order valence-corrected chi connectivity index (χ1v) is 5.19. The second kappa shape index (κ2) is 5.14. The number of rotatable bonds is 5. The molecule has 0 fully saturated rings. The van der Waals surface area contributed by atoms with Gasteiger partial charge in [0, 0.05) is 6.54 Å². The van der Waals surface area contributed by atoms with Crippen molar-refractivity contribution in [1.29, 1.82) is 0 Å². The average Bonchev–Trinajstić information content (AvgIpc) is 2.45. The van der Waals surface area contributed by atoms with E-state index in [0.29, 0.717) is 0 Å². The highest BCUT2D eigenvalue weighted by Gasteiger charge is 1.98. The number of hydrogen-bond donors (Lipinski definition) is 1. The van der Waals surface area contributed by atoms with Crippen LogP contribution in [0, 0.1) is 6.92 Å². The zero-order valence-corrected chi connectivity index (χ0v) is 9.19. The van der Waals surface area contributed by atoms with Gasteiger partial charge < -0.3 is 10.2 Å². The smallest absolute Gasteiger partial charge is 0.205 e. The summed E-state index contributed by atoms with van der Waals surface area (Å²) in [6.07, 6.45) is 1.13. The summed E-state index contributed by atoms with van der Waals surface area (Å²) in [6, 6.07) is 0. The number of aryl methyl sites for hydroxylation is 1. The SMILES string of the molecule is Cc1nnc(NCCCN(C)C)s1. The van der Waals surface area contributed by atoms with Crippen molar-refractivity contribution < 1.29 is 0 Å². The summed E-state index contributed by atoms with van der Waals surface area (Å²) in [6.45, 7) is 4.03. The van der Waals surface area contributed by atoms with E-state index in [1.807, 2.05) is 6.92 Å². The molecule has 1 rings (SSSR count). The van der Waals surface area contributed by atoms with Gasteiger partial charge in [0.15, 0.2) is 0 Å². The number of anilines is 1. The molecule has 74 valence electrons. The fourth-order valence-corrected chi connectivity index (χ4v) is 1.58. The summed E-state index contributed by atoms with van der Waals surface area (Å²) < 4.78 is 0. The van der Waals surface area contributed by atoms with Crippen molar-refractivity contribution in [2.75, 3.05) is 32.5 Å². The van der Waals surface area contributed by atoms with Gasteiger partial charge in [-0.1, -0.05) is 11.3 Å². The lowest BCUT2D eigenvalue weighted by Crippen LogP contribution is -2.16. The van der Waals surface area contributed by atoms with Crippen LogP contribution in [0.1, 0.15) is 11.4 Å². The van der Waals surface area contributed by atoms with Crippen molar-refractivity contribution in [3.8, 4) is 0 Å². The fraction of sp³-hybridized carbons (Fsp3) is 0.750. The third-order valence-electron chi connectivity index (χ3n) is 1.58. The first-order valence-electron chi connectivity index (χ1n) is 4.37. The molecular weight excluding hydrogens is 184 g/mol. The average molecular weight is 200 g/mol. The van der Waals surface area contributed by atoms with E-state index in [1.165, 1.54) is 0 Å². The first kappa shape index (κ1) is 10.4. The number of nitrogens with zero attached hydrogens (tertiary/aromatic N) is 3. The van der Waals surface area contributed by atoms with Crippen LogP contribution in [0.3, 0.4) is 0 Å². The van der Waals surface area contributed by atoms with Gasteiger partial charge in [0.1, 0.15) is 5.01 Å². The van der Waals surface area contributed by atoms with Gasteiger partial charge in [-0.3, -0.25) is 0 Å². The molecule has 0 aliphatic heterocycles. The molecule has 0 atom stereocenters. The molecule has 1 aromatic heterocycles. The minimum atomic E-state index is 0.927. The van der Waals surface area contributed by atoms with E-state index in [-0.39, 0.29) is 0 Å². The van der Waals surface area contributed by atoms with Gasteiger partial charge in [-0.2, -0.15) is 0 Å². The van der Waals surface area contributed by atoms with Gasteiger partial charge in [-0.25, -0.2) is 0 Å². The number of aromatic nitrogens is 2. The van der Waals surface area contributed by atoms with Gasteiger partial charge in [0.05, 0.1) is 0 Å². The van der Waals surface area contributed by atoms with E-state index in [4.69, 9.17) is 0 Å². The standard InChI is InChI=1S/C8H16N4S/c1-7-10-11-8(13-7)9-5-4-6-12(2)3/h4-6H2,1-3H3,(H,9,11). The largest absolute Gasteiger partial charge is 0.360 e. The minimum Gasteiger partial charge on any atom is -0.360 e. The van der Waals surface area contributed by atoms with Crippen LogP contribution < -0.4 is 5.32 Å². The molecule has 0 radical (unpaired) electrons. The maximum Gasteiger partial charge on any atom is 0.205 e. The molecule has 0 aliphatic carbocycles. The summed E-state index contributed by atoms with van der Waals surface area (Å²) in [5, 5.41) is 13.1. The second-order valence-corrected chi connectivity index (χ2v) is 4.39. The molecule has 0 saturated heterocycles. The Labute approximate surface area is 83.0 Å². The van der Waals surface area contributed by atoms with Crippen LogP contribution in [-0.2, 0) is 0 Å². The lowest BCUT2D eigenvalue weighted by molar-refractivity contribution is 0.405. The fourth-order valence-electron chi connectivity index (χ4n) is 0.959. The Morgan fingerprint density at radius 2 is 2.15 bits per heavy atom. The molecule has 1 heterocycles. The van der Waals surface area contributed by atoms with E-state index in [1.54, 1.807) is 11.3 Å². The van der Waals surface area contributed by atoms with Gasteiger partial charge in [-0.05, 0) is 34.0 Å². The molecule has 0 bridgehead atoms. The molecule has 0 aliphatic rings. The van der Waals surface area contributed by atoms with Crippen molar-refractivity contribution in [3.63, 3.8) is 0 Å². The number of nitrogens with one attached hydrogen (secondary N) is 1. The molecule has 0 unspecified atom stereocenters. The van der Waals surface area contributed by atoms with Crippen molar-refractivity contribution in [3.05, 3.63) is 5.01 Å². The van der Waals surface area contributed by atoms with Gasteiger partial charge in [-0.15, -0.1) is 10.2 Å². The predicted molar refractivity (Wildman–Crippen MR) is 56.3 cm³/mol. The molecular formula is C8H16N4S. The van der Waals surface area contributed by atoms with Crippen LogP contribution in [0.15, 0.2) is 0 Å². The van der Waals surface area contributed by atoms with Crippen LogP contribution in [0.5, 0.6) is 0 Å². The monoisotopic (exact) mass is 200 g/mol. The lowest BCUT2D eigenvalue weighted by Gasteiger charge is -2.08. The van der Waals surface area contributed by atoms with Crippen LogP contribution in [0.2, 0.25) is 0 Å². The van der Waals surface area contributed by atoms with E-state index >= 15 is 0 Å². The van der Waals surface area contributed by atoms with Crippen molar-refractivity contribution >= 4 is 16.5 Å². The third kappa shape index (κ3) is 4.19. The highest BCUT2D eigenvalue weighted by atomic mass is 32.1. The summed E-state index contributed by atoms with van der Waals surface area (Å²) in [4.78, 5) is 2.17. The van der Waals surface area contributed by atoms with Crippen LogP contribution in [0.4, 0.5) is 5.13 Å². The van der Waals surface area contributed by atoms with E-state index in [9.17, 15) is 0 Å².